The molecule has 0 aliphatic carbocycles. The summed E-state index contributed by atoms with van der Waals surface area (Å²) in [6, 6.07) is 9.56. The lowest BCUT2D eigenvalue weighted by atomic mass is 10.1. The standard InChI is InChI=1S/C18H15N3O5/c1-10-7-8-12(9-15(10)21(25)26)19-16(22)11(2)20-17(23)13-5-3-4-6-14(13)18(20)24/h3-9,11H,1-2H3,(H,19,22). The molecule has 0 saturated carbocycles. The monoisotopic (exact) mass is 353 g/mol. The molecule has 26 heavy (non-hydrogen) atoms. The van der Waals surface area contributed by atoms with Crippen LogP contribution < -0.4 is 5.32 Å². The van der Waals surface area contributed by atoms with Gasteiger partial charge in [-0.05, 0) is 32.0 Å². The van der Waals surface area contributed by atoms with Crippen molar-refractivity contribution in [3.8, 4) is 0 Å². The number of nitrogens with one attached hydrogen (secondary N) is 1. The fraction of sp³-hybridized carbons (Fsp3) is 0.167. The summed E-state index contributed by atoms with van der Waals surface area (Å²) in [6.45, 7) is 3.02. The number of nitro groups is 1. The molecule has 1 unspecified atom stereocenters. The minimum Gasteiger partial charge on any atom is -0.324 e. The number of imide groups is 1. The van der Waals surface area contributed by atoms with Crippen molar-refractivity contribution in [1.82, 2.24) is 4.90 Å². The van der Waals surface area contributed by atoms with Gasteiger partial charge in [0.05, 0.1) is 16.1 Å². The van der Waals surface area contributed by atoms with Crippen LogP contribution in [-0.4, -0.2) is 33.6 Å². The van der Waals surface area contributed by atoms with Crippen LogP contribution in [0.5, 0.6) is 0 Å². The van der Waals surface area contributed by atoms with Crippen LogP contribution in [-0.2, 0) is 4.79 Å². The van der Waals surface area contributed by atoms with Crippen LogP contribution in [0.25, 0.3) is 0 Å². The Kier molecular flexibility index (Phi) is 4.25. The third-order valence-electron chi connectivity index (χ3n) is 4.27. The van der Waals surface area contributed by atoms with Gasteiger partial charge in [-0.15, -0.1) is 0 Å². The molecule has 8 nitrogen and oxygen atoms in total. The number of nitro benzene ring substituents is 1. The van der Waals surface area contributed by atoms with Gasteiger partial charge in [0, 0.05) is 17.3 Å². The molecular formula is C18H15N3O5. The summed E-state index contributed by atoms with van der Waals surface area (Å²) < 4.78 is 0. The van der Waals surface area contributed by atoms with E-state index in [0.29, 0.717) is 5.56 Å². The van der Waals surface area contributed by atoms with Gasteiger partial charge in [-0.3, -0.25) is 29.4 Å². The predicted molar refractivity (Wildman–Crippen MR) is 92.9 cm³/mol. The first-order chi connectivity index (χ1) is 12.3. The van der Waals surface area contributed by atoms with Crippen molar-refractivity contribution in [2.24, 2.45) is 0 Å². The van der Waals surface area contributed by atoms with E-state index in [1.165, 1.54) is 37.3 Å². The van der Waals surface area contributed by atoms with Crippen LogP contribution in [0.15, 0.2) is 42.5 Å². The summed E-state index contributed by atoms with van der Waals surface area (Å²) in [5, 5.41) is 13.5. The molecule has 1 aliphatic rings. The number of hydrogen-bond acceptors (Lipinski definition) is 5. The Morgan fingerprint density at radius 3 is 2.23 bits per heavy atom. The average Bonchev–Trinajstić information content (AvgIpc) is 2.87. The Morgan fingerprint density at radius 2 is 1.69 bits per heavy atom. The zero-order valence-corrected chi connectivity index (χ0v) is 14.1. The molecule has 3 amide bonds. The van der Waals surface area contributed by atoms with E-state index in [0.717, 1.165) is 4.90 Å². The van der Waals surface area contributed by atoms with Gasteiger partial charge < -0.3 is 5.32 Å². The highest BCUT2D eigenvalue weighted by Crippen LogP contribution is 2.26. The van der Waals surface area contributed by atoms with E-state index in [4.69, 9.17) is 0 Å². The largest absolute Gasteiger partial charge is 0.324 e. The second kappa shape index (κ2) is 6.40. The van der Waals surface area contributed by atoms with Crippen LogP contribution in [0, 0.1) is 17.0 Å². The van der Waals surface area contributed by atoms with Crippen LogP contribution in [0.2, 0.25) is 0 Å². The highest BCUT2D eigenvalue weighted by Gasteiger charge is 2.40. The SMILES string of the molecule is Cc1ccc(NC(=O)C(C)N2C(=O)c3ccccc3C2=O)cc1[N+](=O)[O-]. The summed E-state index contributed by atoms with van der Waals surface area (Å²) in [4.78, 5) is 48.7. The van der Waals surface area contributed by atoms with E-state index < -0.39 is 28.7 Å². The summed E-state index contributed by atoms with van der Waals surface area (Å²) in [7, 11) is 0. The van der Waals surface area contributed by atoms with Gasteiger partial charge >= 0.3 is 0 Å². The first kappa shape index (κ1) is 17.3. The lowest BCUT2D eigenvalue weighted by Crippen LogP contribution is -2.45. The van der Waals surface area contributed by atoms with Gasteiger partial charge in [0.25, 0.3) is 17.5 Å². The van der Waals surface area contributed by atoms with Gasteiger partial charge in [-0.25, -0.2) is 0 Å². The Hall–Kier alpha value is -3.55. The summed E-state index contributed by atoms with van der Waals surface area (Å²) in [5.41, 5.74) is 1.06. The van der Waals surface area contributed by atoms with Crippen molar-refractivity contribution >= 4 is 29.1 Å². The highest BCUT2D eigenvalue weighted by molar-refractivity contribution is 6.23. The Morgan fingerprint density at radius 1 is 1.12 bits per heavy atom. The number of anilines is 1. The molecule has 1 N–H and O–H groups in total. The predicted octanol–water partition coefficient (Wildman–Crippen LogP) is 2.53. The van der Waals surface area contributed by atoms with E-state index in [1.54, 1.807) is 19.1 Å². The number of aryl methyl sites for hydroxylation is 1. The van der Waals surface area contributed by atoms with Gasteiger partial charge in [0.15, 0.2) is 0 Å². The molecule has 0 fully saturated rings. The fourth-order valence-electron chi connectivity index (χ4n) is 2.81. The molecule has 0 aromatic heterocycles. The van der Waals surface area contributed by atoms with Gasteiger partial charge in [-0.2, -0.15) is 0 Å². The quantitative estimate of drug-likeness (QED) is 0.516. The third kappa shape index (κ3) is 2.81. The number of benzene rings is 2. The first-order valence-corrected chi connectivity index (χ1v) is 7.84. The molecule has 0 bridgehead atoms. The van der Waals surface area contributed by atoms with Gasteiger partial charge in [0.2, 0.25) is 5.91 Å². The number of hydrogen-bond donors (Lipinski definition) is 1. The van der Waals surface area contributed by atoms with E-state index in [9.17, 15) is 24.5 Å². The molecule has 1 atom stereocenters. The van der Waals surface area contributed by atoms with Crippen LogP contribution in [0.4, 0.5) is 11.4 Å². The molecule has 1 heterocycles. The molecule has 3 rings (SSSR count). The van der Waals surface area contributed by atoms with Crippen molar-refractivity contribution in [2.45, 2.75) is 19.9 Å². The number of carbonyl (C=O) groups is 3. The van der Waals surface area contributed by atoms with Crippen LogP contribution in [0.3, 0.4) is 0 Å². The molecular weight excluding hydrogens is 338 g/mol. The molecule has 132 valence electrons. The number of nitrogens with zero attached hydrogens (tertiary/aromatic N) is 2. The number of fused-ring (bicyclic) bond motifs is 1. The lowest BCUT2D eigenvalue weighted by Gasteiger charge is -2.21. The molecule has 2 aromatic carbocycles. The zero-order valence-electron chi connectivity index (χ0n) is 14.1. The Balaban J connectivity index is 1.81. The number of amides is 3. The third-order valence-corrected chi connectivity index (χ3v) is 4.27. The maximum atomic E-state index is 12.5. The van der Waals surface area contributed by atoms with E-state index in [1.807, 2.05) is 0 Å². The average molecular weight is 353 g/mol. The summed E-state index contributed by atoms with van der Waals surface area (Å²) in [5.74, 6) is -1.69. The van der Waals surface area contributed by atoms with E-state index in [-0.39, 0.29) is 22.5 Å². The summed E-state index contributed by atoms with van der Waals surface area (Å²) >= 11 is 0. The van der Waals surface area contributed by atoms with E-state index in [2.05, 4.69) is 5.32 Å². The highest BCUT2D eigenvalue weighted by atomic mass is 16.6. The first-order valence-electron chi connectivity index (χ1n) is 7.84. The lowest BCUT2D eigenvalue weighted by molar-refractivity contribution is -0.385. The number of carbonyl (C=O) groups excluding carboxylic acids is 3. The maximum absolute atomic E-state index is 12.5. The minimum absolute atomic E-state index is 0.129. The number of rotatable bonds is 4. The van der Waals surface area contributed by atoms with Crippen molar-refractivity contribution in [1.29, 1.82) is 0 Å². The minimum atomic E-state index is -1.07. The Bertz CT molecular complexity index is 919. The zero-order chi connectivity index (χ0) is 19.0. The maximum Gasteiger partial charge on any atom is 0.274 e. The fourth-order valence-corrected chi connectivity index (χ4v) is 2.81. The van der Waals surface area contributed by atoms with Gasteiger partial charge in [0.1, 0.15) is 6.04 Å². The second-order valence-electron chi connectivity index (χ2n) is 5.95. The van der Waals surface area contributed by atoms with Crippen molar-refractivity contribution in [3.05, 3.63) is 69.3 Å². The van der Waals surface area contributed by atoms with E-state index >= 15 is 0 Å². The topological polar surface area (TPSA) is 110 Å². The molecule has 8 heteroatoms. The normalized spacial score (nSPS) is 14.2. The molecule has 0 spiro atoms. The summed E-state index contributed by atoms with van der Waals surface area (Å²) in [6.07, 6.45) is 0. The molecule has 0 saturated heterocycles. The van der Waals surface area contributed by atoms with Crippen molar-refractivity contribution in [2.75, 3.05) is 5.32 Å². The molecule has 1 aliphatic heterocycles. The molecule has 0 radical (unpaired) electrons. The van der Waals surface area contributed by atoms with Crippen molar-refractivity contribution < 1.29 is 19.3 Å². The smallest absolute Gasteiger partial charge is 0.274 e. The second-order valence-corrected chi connectivity index (χ2v) is 5.95. The van der Waals surface area contributed by atoms with Crippen LogP contribution >= 0.6 is 0 Å². The van der Waals surface area contributed by atoms with Crippen LogP contribution in [0.1, 0.15) is 33.2 Å². The van der Waals surface area contributed by atoms with Crippen molar-refractivity contribution in [3.63, 3.8) is 0 Å². The molecule has 2 aromatic rings. The van der Waals surface area contributed by atoms with Gasteiger partial charge in [-0.1, -0.05) is 18.2 Å². The Labute approximate surface area is 148 Å².